The highest BCUT2D eigenvalue weighted by Crippen LogP contribution is 2.35. The zero-order valence-corrected chi connectivity index (χ0v) is 24.7. The second-order valence-corrected chi connectivity index (χ2v) is 12.7. The lowest BCUT2D eigenvalue weighted by Crippen LogP contribution is -2.33. The van der Waals surface area contributed by atoms with Crippen LogP contribution >= 0.6 is 0 Å². The predicted molar refractivity (Wildman–Crippen MR) is 163 cm³/mol. The van der Waals surface area contributed by atoms with Gasteiger partial charge in [0, 0.05) is 23.8 Å². The van der Waals surface area contributed by atoms with Gasteiger partial charge in [0.2, 0.25) is 15.9 Å². The summed E-state index contributed by atoms with van der Waals surface area (Å²) >= 11 is 0. The van der Waals surface area contributed by atoms with Crippen molar-refractivity contribution in [2.24, 2.45) is 0 Å². The van der Waals surface area contributed by atoms with Crippen molar-refractivity contribution < 1.29 is 13.2 Å². The van der Waals surface area contributed by atoms with Crippen LogP contribution in [0.25, 0.3) is 0 Å². The molecule has 3 aromatic carbocycles. The fourth-order valence-corrected chi connectivity index (χ4v) is 6.74. The van der Waals surface area contributed by atoms with Crippen molar-refractivity contribution in [1.29, 1.82) is 0 Å². The van der Waals surface area contributed by atoms with Crippen molar-refractivity contribution in [3.05, 3.63) is 125 Å². The quantitative estimate of drug-likeness (QED) is 0.242. The van der Waals surface area contributed by atoms with Crippen LogP contribution < -0.4 is 9.62 Å². The second kappa shape index (κ2) is 12.4. The summed E-state index contributed by atoms with van der Waals surface area (Å²) in [4.78, 5) is 20.6. The predicted octanol–water partition coefficient (Wildman–Crippen LogP) is 6.78. The fourth-order valence-electron chi connectivity index (χ4n) is 5.49. The number of pyridine rings is 1. The smallest absolute Gasteiger partial charge is 0.241 e. The molecule has 1 amide bonds. The largest absolute Gasteiger partial charge is 0.306 e. The minimum absolute atomic E-state index is 0.00259. The Bertz CT molecular complexity index is 1620. The SMILES string of the molecule is Cc1ccc(S(=O)(=O)N[C@H]2CCCc3ccc(N(Cc4cccc(C)n4)C(=O)C[C@@H](C)c4ccccc4)cc32)cc1. The number of nitrogens with zero attached hydrogens (tertiary/aromatic N) is 2. The third-order valence-corrected chi connectivity index (χ3v) is 9.29. The van der Waals surface area contributed by atoms with Crippen LogP contribution in [0, 0.1) is 13.8 Å². The first-order valence-corrected chi connectivity index (χ1v) is 15.7. The second-order valence-electron chi connectivity index (χ2n) is 11.0. The van der Waals surface area contributed by atoms with Gasteiger partial charge in [-0.15, -0.1) is 0 Å². The number of fused-ring (bicyclic) bond motifs is 1. The molecule has 212 valence electrons. The highest BCUT2D eigenvalue weighted by molar-refractivity contribution is 7.89. The summed E-state index contributed by atoms with van der Waals surface area (Å²) in [5, 5.41) is 0. The molecule has 1 heterocycles. The number of rotatable bonds is 9. The number of sulfonamides is 1. The van der Waals surface area contributed by atoms with Crippen molar-refractivity contribution in [2.75, 3.05) is 4.90 Å². The molecule has 0 fully saturated rings. The van der Waals surface area contributed by atoms with Gasteiger partial charge in [0.1, 0.15) is 0 Å². The average Bonchev–Trinajstić information content (AvgIpc) is 2.96. The fraction of sp³-hybridized carbons (Fsp3) is 0.294. The Kier molecular flexibility index (Phi) is 8.66. The lowest BCUT2D eigenvalue weighted by molar-refractivity contribution is -0.119. The van der Waals surface area contributed by atoms with Gasteiger partial charge in [-0.25, -0.2) is 13.1 Å². The molecule has 1 aromatic heterocycles. The summed E-state index contributed by atoms with van der Waals surface area (Å²) in [5.74, 6) is 0.0422. The maximum Gasteiger partial charge on any atom is 0.241 e. The van der Waals surface area contributed by atoms with E-state index in [1.807, 2.05) is 80.6 Å². The number of nitrogens with one attached hydrogen (secondary N) is 1. The number of hydrogen-bond donors (Lipinski definition) is 1. The number of carbonyl (C=O) groups is 1. The monoisotopic (exact) mass is 567 g/mol. The summed E-state index contributed by atoms with van der Waals surface area (Å²) in [7, 11) is -3.71. The zero-order valence-electron chi connectivity index (χ0n) is 23.9. The molecule has 1 N–H and O–H groups in total. The molecule has 0 saturated heterocycles. The normalized spacial score (nSPS) is 15.6. The Balaban J connectivity index is 1.46. The highest BCUT2D eigenvalue weighted by atomic mass is 32.2. The Hall–Kier alpha value is -3.81. The molecule has 1 aliphatic carbocycles. The van der Waals surface area contributed by atoms with Gasteiger partial charge in [-0.2, -0.15) is 0 Å². The van der Waals surface area contributed by atoms with E-state index in [0.29, 0.717) is 19.4 Å². The van der Waals surface area contributed by atoms with Gasteiger partial charge < -0.3 is 4.90 Å². The van der Waals surface area contributed by atoms with Gasteiger partial charge in [0.25, 0.3) is 0 Å². The van der Waals surface area contributed by atoms with Gasteiger partial charge in [-0.05, 0) is 92.1 Å². The maximum absolute atomic E-state index is 13.9. The van der Waals surface area contributed by atoms with Gasteiger partial charge >= 0.3 is 0 Å². The molecule has 6 nitrogen and oxygen atoms in total. The van der Waals surface area contributed by atoms with Crippen LogP contribution in [0.15, 0.2) is 95.9 Å². The lowest BCUT2D eigenvalue weighted by atomic mass is 9.87. The van der Waals surface area contributed by atoms with Crippen molar-refractivity contribution in [1.82, 2.24) is 9.71 Å². The molecule has 1 aliphatic rings. The molecule has 0 saturated carbocycles. The van der Waals surface area contributed by atoms with E-state index in [1.54, 1.807) is 29.2 Å². The molecule has 7 heteroatoms. The number of carbonyl (C=O) groups excluding carboxylic acids is 1. The van der Waals surface area contributed by atoms with Crippen LogP contribution in [0.3, 0.4) is 0 Å². The number of benzene rings is 3. The topological polar surface area (TPSA) is 79.4 Å². The number of amides is 1. The summed E-state index contributed by atoms with van der Waals surface area (Å²) in [6.07, 6.45) is 2.80. The molecule has 0 bridgehead atoms. The van der Waals surface area contributed by atoms with Gasteiger partial charge in [0.15, 0.2) is 0 Å². The standard InChI is InChI=1S/C34H37N3O3S/c1-24-15-19-31(20-16-24)41(39,40)36-33-14-8-12-28-17-18-30(22-32(28)33)37(23-29-13-7-9-26(3)35-29)34(38)21-25(2)27-10-5-4-6-11-27/h4-7,9-11,13,15-20,22,25,33,36H,8,12,14,21,23H2,1-3H3/t25-,33+/m1/s1. The first-order valence-electron chi connectivity index (χ1n) is 14.2. The molecule has 41 heavy (non-hydrogen) atoms. The Labute approximate surface area is 243 Å². The van der Waals surface area contributed by atoms with E-state index in [1.165, 1.54) is 0 Å². The van der Waals surface area contributed by atoms with Crippen molar-refractivity contribution in [3.8, 4) is 0 Å². The van der Waals surface area contributed by atoms with Crippen molar-refractivity contribution >= 4 is 21.6 Å². The first kappa shape index (κ1) is 28.7. The van der Waals surface area contributed by atoms with E-state index in [2.05, 4.69) is 16.6 Å². The molecule has 0 radical (unpaired) electrons. The van der Waals surface area contributed by atoms with E-state index in [-0.39, 0.29) is 22.8 Å². The summed E-state index contributed by atoms with van der Waals surface area (Å²) in [6.45, 7) is 6.28. The van der Waals surface area contributed by atoms with E-state index in [0.717, 1.165) is 52.2 Å². The maximum atomic E-state index is 13.9. The Morgan fingerprint density at radius 1 is 0.976 bits per heavy atom. The summed E-state index contributed by atoms with van der Waals surface area (Å²) in [6, 6.07) is 28.4. The third kappa shape index (κ3) is 6.92. The molecule has 5 rings (SSSR count). The van der Waals surface area contributed by atoms with Crippen LogP contribution in [0.4, 0.5) is 5.69 Å². The van der Waals surface area contributed by atoms with Crippen LogP contribution in [0.5, 0.6) is 0 Å². The van der Waals surface area contributed by atoms with Gasteiger partial charge in [0.05, 0.1) is 17.1 Å². The minimum Gasteiger partial charge on any atom is -0.306 e. The number of anilines is 1. The van der Waals surface area contributed by atoms with Crippen LogP contribution in [-0.2, 0) is 27.8 Å². The Morgan fingerprint density at radius 2 is 1.73 bits per heavy atom. The average molecular weight is 568 g/mol. The molecule has 4 aromatic rings. The zero-order chi connectivity index (χ0) is 29.0. The van der Waals surface area contributed by atoms with Crippen molar-refractivity contribution in [3.63, 3.8) is 0 Å². The molecule has 0 spiro atoms. The summed E-state index contributed by atoms with van der Waals surface area (Å²) in [5.41, 5.74) is 6.60. The minimum atomic E-state index is -3.71. The van der Waals surface area contributed by atoms with Crippen LogP contribution in [-0.4, -0.2) is 19.3 Å². The van der Waals surface area contributed by atoms with Crippen LogP contribution in [0.1, 0.15) is 71.8 Å². The molecule has 2 atom stereocenters. The van der Waals surface area contributed by atoms with E-state index >= 15 is 0 Å². The van der Waals surface area contributed by atoms with E-state index in [4.69, 9.17) is 0 Å². The van der Waals surface area contributed by atoms with Gasteiger partial charge in [-0.3, -0.25) is 9.78 Å². The van der Waals surface area contributed by atoms with Gasteiger partial charge in [-0.1, -0.05) is 67.1 Å². The van der Waals surface area contributed by atoms with Crippen molar-refractivity contribution in [2.45, 2.75) is 69.9 Å². The lowest BCUT2D eigenvalue weighted by Gasteiger charge is -2.30. The number of aromatic nitrogens is 1. The van der Waals surface area contributed by atoms with E-state index < -0.39 is 10.0 Å². The molecule has 0 aliphatic heterocycles. The number of aryl methyl sites for hydroxylation is 3. The summed E-state index contributed by atoms with van der Waals surface area (Å²) < 4.78 is 29.5. The van der Waals surface area contributed by atoms with Crippen LogP contribution in [0.2, 0.25) is 0 Å². The third-order valence-electron chi connectivity index (χ3n) is 7.80. The van der Waals surface area contributed by atoms with E-state index in [9.17, 15) is 13.2 Å². The number of hydrogen-bond acceptors (Lipinski definition) is 4. The highest BCUT2D eigenvalue weighted by Gasteiger charge is 2.28. The Morgan fingerprint density at radius 3 is 2.46 bits per heavy atom. The molecule has 0 unspecified atom stereocenters. The molecular formula is C34H37N3O3S. The molecular weight excluding hydrogens is 530 g/mol. The first-order chi connectivity index (χ1) is 19.7.